The minimum absolute atomic E-state index is 0.212. The Morgan fingerprint density at radius 3 is 2.52 bits per heavy atom. The van der Waals surface area contributed by atoms with Crippen LogP contribution in [0.1, 0.15) is 18.4 Å². The van der Waals surface area contributed by atoms with Gasteiger partial charge in [0.25, 0.3) is 0 Å². The highest BCUT2D eigenvalue weighted by atomic mass is 16.5. The fourth-order valence-electron chi connectivity index (χ4n) is 3.62. The quantitative estimate of drug-likeness (QED) is 0.597. The summed E-state index contributed by atoms with van der Waals surface area (Å²) in [6.45, 7) is 5.74. The summed E-state index contributed by atoms with van der Waals surface area (Å²) in [5, 5.41) is 1.15. The highest BCUT2D eigenvalue weighted by Gasteiger charge is 2.21. The predicted molar refractivity (Wildman–Crippen MR) is 116 cm³/mol. The maximum atomic E-state index is 12.5. The van der Waals surface area contributed by atoms with Crippen LogP contribution in [-0.4, -0.2) is 48.6 Å². The highest BCUT2D eigenvalue weighted by molar-refractivity contribution is 5.80. The monoisotopic (exact) mass is 389 g/mol. The van der Waals surface area contributed by atoms with Crippen LogP contribution in [0.25, 0.3) is 10.9 Å². The van der Waals surface area contributed by atoms with Gasteiger partial charge in [-0.3, -0.25) is 4.79 Å². The van der Waals surface area contributed by atoms with Crippen molar-refractivity contribution in [3.8, 4) is 5.75 Å². The van der Waals surface area contributed by atoms with Crippen LogP contribution in [0.5, 0.6) is 5.75 Å². The average Bonchev–Trinajstić information content (AvgIpc) is 2.77. The molecule has 29 heavy (non-hydrogen) atoms. The van der Waals surface area contributed by atoms with E-state index in [2.05, 4.69) is 30.0 Å². The number of ether oxygens (including phenoxy) is 1. The van der Waals surface area contributed by atoms with Gasteiger partial charge in [0.15, 0.2) is 0 Å². The highest BCUT2D eigenvalue weighted by Crippen LogP contribution is 2.19. The van der Waals surface area contributed by atoms with Gasteiger partial charge < -0.3 is 14.5 Å². The van der Waals surface area contributed by atoms with Crippen LogP contribution >= 0.6 is 0 Å². The number of rotatable bonds is 6. The minimum Gasteiger partial charge on any atom is -0.494 e. The molecule has 2 heterocycles. The smallest absolute Gasteiger partial charge is 0.222 e. The normalized spacial score (nSPS) is 14.2. The van der Waals surface area contributed by atoms with Gasteiger partial charge in [-0.05, 0) is 43.7 Å². The molecule has 0 N–H and O–H groups in total. The van der Waals surface area contributed by atoms with Gasteiger partial charge in [0.05, 0.1) is 12.1 Å². The molecule has 5 nitrogen and oxygen atoms in total. The molecule has 0 atom stereocenters. The van der Waals surface area contributed by atoms with Crippen molar-refractivity contribution in [2.24, 2.45) is 0 Å². The number of aryl methyl sites for hydroxylation is 1. The first-order valence-corrected chi connectivity index (χ1v) is 10.3. The number of carbonyl (C=O) groups excluding carboxylic acids is 1. The number of pyridine rings is 1. The lowest BCUT2D eigenvalue weighted by Crippen LogP contribution is -2.49. The molecular formula is C24H27N3O2. The molecule has 150 valence electrons. The second kappa shape index (κ2) is 8.95. The summed E-state index contributed by atoms with van der Waals surface area (Å²) >= 11 is 0. The van der Waals surface area contributed by atoms with Gasteiger partial charge in [-0.25, -0.2) is 4.98 Å². The number of benzene rings is 2. The van der Waals surface area contributed by atoms with E-state index in [1.165, 1.54) is 5.56 Å². The van der Waals surface area contributed by atoms with E-state index in [0.29, 0.717) is 13.0 Å². The summed E-state index contributed by atoms with van der Waals surface area (Å²) in [4.78, 5) is 21.5. The van der Waals surface area contributed by atoms with E-state index in [-0.39, 0.29) is 5.91 Å². The number of fused-ring (bicyclic) bond motifs is 1. The molecule has 1 aliphatic heterocycles. The van der Waals surface area contributed by atoms with Gasteiger partial charge in [-0.1, -0.05) is 35.9 Å². The Hall–Kier alpha value is -3.08. The summed E-state index contributed by atoms with van der Waals surface area (Å²) in [7, 11) is 0. The number of para-hydroxylation sites is 1. The first-order chi connectivity index (χ1) is 14.2. The van der Waals surface area contributed by atoms with Crippen molar-refractivity contribution in [2.75, 3.05) is 37.7 Å². The molecule has 1 amide bonds. The summed E-state index contributed by atoms with van der Waals surface area (Å²) in [5.41, 5.74) is 2.22. The zero-order valence-electron chi connectivity index (χ0n) is 16.9. The molecule has 0 spiro atoms. The Bertz CT molecular complexity index is 963. The van der Waals surface area contributed by atoms with E-state index in [0.717, 1.165) is 55.1 Å². The van der Waals surface area contributed by atoms with E-state index in [4.69, 9.17) is 9.72 Å². The lowest BCUT2D eigenvalue weighted by atomic mass is 10.2. The predicted octanol–water partition coefficient (Wildman–Crippen LogP) is 4.05. The van der Waals surface area contributed by atoms with Gasteiger partial charge in [0.2, 0.25) is 5.91 Å². The zero-order chi connectivity index (χ0) is 20.1. The second-order valence-electron chi connectivity index (χ2n) is 7.50. The Balaban J connectivity index is 1.22. The van der Waals surface area contributed by atoms with Crippen molar-refractivity contribution in [3.63, 3.8) is 0 Å². The summed E-state index contributed by atoms with van der Waals surface area (Å²) in [6, 6.07) is 20.3. The van der Waals surface area contributed by atoms with Crippen molar-refractivity contribution in [2.45, 2.75) is 19.8 Å². The van der Waals surface area contributed by atoms with Crippen LogP contribution in [0, 0.1) is 6.92 Å². The first kappa shape index (κ1) is 19.2. The number of amides is 1. The van der Waals surface area contributed by atoms with Gasteiger partial charge >= 0.3 is 0 Å². The second-order valence-corrected chi connectivity index (χ2v) is 7.50. The molecule has 4 rings (SSSR count). The van der Waals surface area contributed by atoms with Crippen LogP contribution < -0.4 is 9.64 Å². The number of hydrogen-bond acceptors (Lipinski definition) is 4. The van der Waals surface area contributed by atoms with Gasteiger partial charge in [0, 0.05) is 38.0 Å². The largest absolute Gasteiger partial charge is 0.494 e. The summed E-state index contributed by atoms with van der Waals surface area (Å²) in [6.07, 6.45) is 1.26. The molecule has 0 aliphatic carbocycles. The maximum Gasteiger partial charge on any atom is 0.222 e. The SMILES string of the molecule is Cc1ccc(OCCCC(=O)N2CCN(c3ccc4ccccc4n3)CC2)cc1. The van der Waals surface area contributed by atoms with Crippen molar-refractivity contribution in [1.82, 2.24) is 9.88 Å². The van der Waals surface area contributed by atoms with Crippen LogP contribution in [0.15, 0.2) is 60.7 Å². The van der Waals surface area contributed by atoms with E-state index in [9.17, 15) is 4.79 Å². The van der Waals surface area contributed by atoms with Crippen molar-refractivity contribution >= 4 is 22.6 Å². The molecule has 0 saturated carbocycles. The molecule has 1 aromatic heterocycles. The standard InChI is InChI=1S/C24H27N3O2/c1-19-8-11-21(12-9-19)29-18-4-7-24(28)27-16-14-26(15-17-27)23-13-10-20-5-2-3-6-22(20)25-23/h2-3,5-6,8-13H,4,7,14-18H2,1H3. The number of hydrogen-bond donors (Lipinski definition) is 0. The topological polar surface area (TPSA) is 45.7 Å². The van der Waals surface area contributed by atoms with Gasteiger partial charge in [-0.15, -0.1) is 0 Å². The van der Waals surface area contributed by atoms with E-state index in [1.807, 2.05) is 47.4 Å². The van der Waals surface area contributed by atoms with Gasteiger partial charge in [0.1, 0.15) is 11.6 Å². The van der Waals surface area contributed by atoms with Gasteiger partial charge in [-0.2, -0.15) is 0 Å². The third-order valence-corrected chi connectivity index (χ3v) is 5.36. The molecule has 0 unspecified atom stereocenters. The van der Waals surface area contributed by atoms with E-state index >= 15 is 0 Å². The Kier molecular flexibility index (Phi) is 5.94. The molecule has 1 saturated heterocycles. The Morgan fingerprint density at radius 2 is 1.72 bits per heavy atom. The lowest BCUT2D eigenvalue weighted by molar-refractivity contribution is -0.131. The third kappa shape index (κ3) is 4.86. The van der Waals surface area contributed by atoms with Crippen molar-refractivity contribution in [1.29, 1.82) is 0 Å². The molecule has 1 fully saturated rings. The maximum absolute atomic E-state index is 12.5. The molecule has 0 bridgehead atoms. The van der Waals surface area contributed by atoms with Crippen molar-refractivity contribution < 1.29 is 9.53 Å². The number of anilines is 1. The molecule has 1 aliphatic rings. The fraction of sp³-hybridized carbons (Fsp3) is 0.333. The molecular weight excluding hydrogens is 362 g/mol. The Morgan fingerprint density at radius 1 is 0.966 bits per heavy atom. The van der Waals surface area contributed by atoms with Crippen LogP contribution in [-0.2, 0) is 4.79 Å². The molecule has 2 aromatic carbocycles. The number of piperazine rings is 1. The van der Waals surface area contributed by atoms with Crippen LogP contribution in [0.4, 0.5) is 5.82 Å². The zero-order valence-corrected chi connectivity index (χ0v) is 16.9. The number of carbonyl (C=O) groups is 1. The number of nitrogens with zero attached hydrogens (tertiary/aromatic N) is 3. The van der Waals surface area contributed by atoms with Crippen molar-refractivity contribution in [3.05, 3.63) is 66.2 Å². The van der Waals surface area contributed by atoms with E-state index < -0.39 is 0 Å². The lowest BCUT2D eigenvalue weighted by Gasteiger charge is -2.35. The minimum atomic E-state index is 0.212. The fourth-order valence-corrected chi connectivity index (χ4v) is 3.62. The van der Waals surface area contributed by atoms with E-state index in [1.54, 1.807) is 0 Å². The first-order valence-electron chi connectivity index (χ1n) is 10.3. The molecule has 5 heteroatoms. The molecule has 0 radical (unpaired) electrons. The average molecular weight is 389 g/mol. The third-order valence-electron chi connectivity index (χ3n) is 5.36. The molecule has 3 aromatic rings. The Labute approximate surface area is 171 Å². The van der Waals surface area contributed by atoms with Crippen LogP contribution in [0.3, 0.4) is 0 Å². The number of aromatic nitrogens is 1. The van der Waals surface area contributed by atoms with Crippen LogP contribution in [0.2, 0.25) is 0 Å². The summed E-state index contributed by atoms with van der Waals surface area (Å²) < 4.78 is 5.72. The summed E-state index contributed by atoms with van der Waals surface area (Å²) in [5.74, 6) is 2.06.